The molecule has 0 aliphatic carbocycles. The molecular formula is C21H21FN4O3S. The number of hydrogen-bond donors (Lipinski definition) is 2. The molecule has 0 unspecified atom stereocenters. The number of amides is 2. The van der Waals surface area contributed by atoms with E-state index in [0.717, 1.165) is 22.6 Å². The van der Waals surface area contributed by atoms with Gasteiger partial charge in [-0.15, -0.1) is 10.2 Å². The Morgan fingerprint density at radius 2 is 1.97 bits per heavy atom. The molecule has 156 valence electrons. The van der Waals surface area contributed by atoms with Crippen LogP contribution in [0.5, 0.6) is 5.75 Å². The van der Waals surface area contributed by atoms with Crippen molar-refractivity contribution in [2.24, 2.45) is 0 Å². The zero-order valence-electron chi connectivity index (χ0n) is 16.4. The van der Waals surface area contributed by atoms with E-state index in [9.17, 15) is 14.0 Å². The summed E-state index contributed by atoms with van der Waals surface area (Å²) in [6.07, 6.45) is 1.45. The quantitative estimate of drug-likeness (QED) is 0.543. The number of nitrogens with zero attached hydrogens (tertiary/aromatic N) is 2. The molecule has 0 aliphatic rings. The van der Waals surface area contributed by atoms with Crippen LogP contribution in [0.2, 0.25) is 0 Å². The van der Waals surface area contributed by atoms with Crippen molar-refractivity contribution in [3.8, 4) is 5.75 Å². The molecule has 0 radical (unpaired) electrons. The standard InChI is InChI=1S/C21H21FN4O3S/c1-29-17-9-3-2-6-14(17)13-23-18(27)10-5-11-19-25-26-21(30-19)20(28)24-16-8-4-7-15(22)12-16/h2-4,6-9,12H,5,10-11,13H2,1H3,(H,23,27)(H,24,28). The fraction of sp³-hybridized carbons (Fsp3) is 0.238. The van der Waals surface area contributed by atoms with Crippen LogP contribution in [0, 0.1) is 5.82 Å². The van der Waals surface area contributed by atoms with E-state index in [1.165, 1.54) is 18.2 Å². The number of aryl methyl sites for hydroxylation is 1. The second-order valence-corrected chi connectivity index (χ2v) is 7.47. The fourth-order valence-corrected chi connectivity index (χ4v) is 3.51. The molecule has 7 nitrogen and oxygen atoms in total. The molecule has 3 aromatic rings. The van der Waals surface area contributed by atoms with Gasteiger partial charge in [0.25, 0.3) is 5.91 Å². The third-order valence-corrected chi connectivity index (χ3v) is 5.19. The van der Waals surface area contributed by atoms with Gasteiger partial charge in [-0.25, -0.2) is 4.39 Å². The topological polar surface area (TPSA) is 93.2 Å². The highest BCUT2D eigenvalue weighted by atomic mass is 32.1. The van der Waals surface area contributed by atoms with Gasteiger partial charge in [-0.1, -0.05) is 35.6 Å². The van der Waals surface area contributed by atoms with Crippen molar-refractivity contribution in [3.63, 3.8) is 0 Å². The van der Waals surface area contributed by atoms with Gasteiger partial charge in [0, 0.05) is 30.6 Å². The van der Waals surface area contributed by atoms with Gasteiger partial charge < -0.3 is 15.4 Å². The number of carbonyl (C=O) groups excluding carboxylic acids is 2. The average molecular weight is 428 g/mol. The Hall–Kier alpha value is -3.33. The molecule has 0 saturated carbocycles. The van der Waals surface area contributed by atoms with Gasteiger partial charge in [0.1, 0.15) is 16.6 Å². The van der Waals surface area contributed by atoms with Crippen LogP contribution in [-0.4, -0.2) is 29.1 Å². The molecule has 0 saturated heterocycles. The van der Waals surface area contributed by atoms with Gasteiger partial charge >= 0.3 is 0 Å². The van der Waals surface area contributed by atoms with E-state index in [2.05, 4.69) is 20.8 Å². The molecule has 1 heterocycles. The lowest BCUT2D eigenvalue weighted by Crippen LogP contribution is -2.22. The van der Waals surface area contributed by atoms with Crippen molar-refractivity contribution < 1.29 is 18.7 Å². The highest BCUT2D eigenvalue weighted by Gasteiger charge is 2.14. The molecule has 2 N–H and O–H groups in total. The number of halogens is 1. The molecule has 30 heavy (non-hydrogen) atoms. The first-order valence-electron chi connectivity index (χ1n) is 9.33. The van der Waals surface area contributed by atoms with Crippen LogP contribution in [0.25, 0.3) is 0 Å². The lowest BCUT2D eigenvalue weighted by molar-refractivity contribution is -0.121. The fourth-order valence-electron chi connectivity index (χ4n) is 2.73. The second-order valence-electron chi connectivity index (χ2n) is 6.41. The Bertz CT molecular complexity index is 1020. The summed E-state index contributed by atoms with van der Waals surface area (Å²) in [6, 6.07) is 13.1. The summed E-state index contributed by atoms with van der Waals surface area (Å²) >= 11 is 1.15. The van der Waals surface area contributed by atoms with Gasteiger partial charge in [0.15, 0.2) is 0 Å². The molecule has 0 atom stereocenters. The highest BCUT2D eigenvalue weighted by molar-refractivity contribution is 7.13. The molecule has 0 spiro atoms. The minimum atomic E-state index is -0.445. The number of ether oxygens (including phenoxy) is 1. The van der Waals surface area contributed by atoms with E-state index in [4.69, 9.17) is 4.74 Å². The van der Waals surface area contributed by atoms with Gasteiger partial charge in [-0.05, 0) is 30.7 Å². The third kappa shape index (κ3) is 6.08. The maximum Gasteiger partial charge on any atom is 0.286 e. The predicted octanol–water partition coefficient (Wildman–Crippen LogP) is 3.58. The van der Waals surface area contributed by atoms with Crippen LogP contribution < -0.4 is 15.4 Å². The van der Waals surface area contributed by atoms with E-state index >= 15 is 0 Å². The predicted molar refractivity (Wildman–Crippen MR) is 112 cm³/mol. The van der Waals surface area contributed by atoms with Crippen LogP contribution in [-0.2, 0) is 17.8 Å². The van der Waals surface area contributed by atoms with Gasteiger partial charge in [0.2, 0.25) is 10.9 Å². The van der Waals surface area contributed by atoms with Crippen LogP contribution in [0.4, 0.5) is 10.1 Å². The summed E-state index contributed by atoms with van der Waals surface area (Å²) < 4.78 is 18.5. The minimum absolute atomic E-state index is 0.0745. The largest absolute Gasteiger partial charge is 0.496 e. The highest BCUT2D eigenvalue weighted by Crippen LogP contribution is 2.18. The second kappa shape index (κ2) is 10.4. The number of nitrogens with one attached hydrogen (secondary N) is 2. The summed E-state index contributed by atoms with van der Waals surface area (Å²) in [6.45, 7) is 0.395. The van der Waals surface area contributed by atoms with Crippen molar-refractivity contribution in [3.05, 3.63) is 69.9 Å². The molecular weight excluding hydrogens is 407 g/mol. The molecule has 0 fully saturated rings. The zero-order valence-corrected chi connectivity index (χ0v) is 17.2. The number of aromatic nitrogens is 2. The van der Waals surface area contributed by atoms with Crippen molar-refractivity contribution in [1.82, 2.24) is 15.5 Å². The molecule has 3 rings (SSSR count). The maximum atomic E-state index is 13.2. The van der Waals surface area contributed by atoms with Crippen molar-refractivity contribution in [1.29, 1.82) is 0 Å². The molecule has 2 amide bonds. The number of anilines is 1. The number of rotatable bonds is 9. The number of carbonyl (C=O) groups is 2. The van der Waals surface area contributed by atoms with E-state index in [0.29, 0.717) is 36.5 Å². The number of para-hydroxylation sites is 1. The summed E-state index contributed by atoms with van der Waals surface area (Å²) in [7, 11) is 1.59. The van der Waals surface area contributed by atoms with E-state index in [1.807, 2.05) is 24.3 Å². The summed E-state index contributed by atoms with van der Waals surface area (Å²) in [5.74, 6) is -0.223. The molecule has 9 heteroatoms. The lowest BCUT2D eigenvalue weighted by Gasteiger charge is -2.09. The maximum absolute atomic E-state index is 13.2. The Morgan fingerprint density at radius 1 is 1.13 bits per heavy atom. The number of hydrogen-bond acceptors (Lipinski definition) is 6. The Balaban J connectivity index is 1.42. The van der Waals surface area contributed by atoms with Crippen LogP contribution in [0.3, 0.4) is 0 Å². The minimum Gasteiger partial charge on any atom is -0.496 e. The zero-order chi connectivity index (χ0) is 21.3. The van der Waals surface area contributed by atoms with Crippen molar-refractivity contribution >= 4 is 28.8 Å². The van der Waals surface area contributed by atoms with Crippen molar-refractivity contribution in [2.45, 2.75) is 25.8 Å². The van der Waals surface area contributed by atoms with Crippen molar-refractivity contribution in [2.75, 3.05) is 12.4 Å². The monoisotopic (exact) mass is 428 g/mol. The van der Waals surface area contributed by atoms with Crippen LogP contribution >= 0.6 is 11.3 Å². The summed E-state index contributed by atoms with van der Waals surface area (Å²) in [5, 5.41) is 14.2. The SMILES string of the molecule is COc1ccccc1CNC(=O)CCCc1nnc(C(=O)Nc2cccc(F)c2)s1. The first-order chi connectivity index (χ1) is 14.5. The van der Waals surface area contributed by atoms with E-state index < -0.39 is 11.7 Å². The smallest absolute Gasteiger partial charge is 0.286 e. The van der Waals surface area contributed by atoms with Crippen LogP contribution in [0.15, 0.2) is 48.5 Å². The van der Waals surface area contributed by atoms with Gasteiger partial charge in [0.05, 0.1) is 7.11 Å². The van der Waals surface area contributed by atoms with E-state index in [-0.39, 0.29) is 10.9 Å². The Morgan fingerprint density at radius 3 is 2.77 bits per heavy atom. The number of benzene rings is 2. The average Bonchev–Trinajstić information content (AvgIpc) is 3.21. The first kappa shape index (κ1) is 21.4. The normalized spacial score (nSPS) is 10.5. The van der Waals surface area contributed by atoms with Gasteiger partial charge in [-0.3, -0.25) is 9.59 Å². The van der Waals surface area contributed by atoms with Gasteiger partial charge in [-0.2, -0.15) is 0 Å². The molecule has 0 aliphatic heterocycles. The van der Waals surface area contributed by atoms with Crippen LogP contribution in [0.1, 0.15) is 33.2 Å². The summed E-state index contributed by atoms with van der Waals surface area (Å²) in [5.41, 5.74) is 1.26. The number of methoxy groups -OCH3 is 1. The molecule has 1 aromatic heterocycles. The molecule has 0 bridgehead atoms. The first-order valence-corrected chi connectivity index (χ1v) is 10.1. The van der Waals surface area contributed by atoms with E-state index in [1.54, 1.807) is 13.2 Å². The lowest BCUT2D eigenvalue weighted by atomic mass is 10.2. The Kier molecular flexibility index (Phi) is 7.45. The Labute approximate surface area is 177 Å². The summed E-state index contributed by atoms with van der Waals surface area (Å²) in [4.78, 5) is 24.3. The molecule has 2 aromatic carbocycles. The third-order valence-electron chi connectivity index (χ3n) is 4.21.